The topological polar surface area (TPSA) is 27.7 Å². The molecule has 0 bridgehead atoms. The zero-order valence-corrected chi connectivity index (χ0v) is 46.0. The van der Waals surface area contributed by atoms with Crippen molar-refractivity contribution in [2.24, 2.45) is 0 Å². The molecule has 59 heavy (non-hydrogen) atoms. The third-order valence-corrected chi connectivity index (χ3v) is 45.1. The van der Waals surface area contributed by atoms with Crippen molar-refractivity contribution < 1.29 is 7.56 Å². The Morgan fingerprint density at radius 2 is 0.559 bits per heavy atom. The van der Waals surface area contributed by atoms with Gasteiger partial charge in [-0.15, -0.1) is 0 Å². The molecule has 2 aromatic carbocycles. The predicted molar refractivity (Wildman–Crippen MR) is 266 cm³/mol. The second kappa shape index (κ2) is 37.0. The summed E-state index contributed by atoms with van der Waals surface area (Å²) >= 11 is -7.74. The summed E-state index contributed by atoms with van der Waals surface area (Å²) in [6.45, 7) is 14.0. The molecule has 0 aromatic heterocycles. The van der Waals surface area contributed by atoms with Crippen LogP contribution in [0.5, 0.6) is 11.5 Å². The maximum atomic E-state index is 8.48. The number of para-hydroxylation sites is 2. The summed E-state index contributed by atoms with van der Waals surface area (Å²) in [5.41, 5.74) is 2.82. The van der Waals surface area contributed by atoms with Gasteiger partial charge in [-0.25, -0.2) is 0 Å². The minimum atomic E-state index is -3.87. The van der Waals surface area contributed by atoms with Gasteiger partial charge in [-0.05, 0) is 0 Å². The molecule has 2 aromatic rings. The van der Waals surface area contributed by atoms with Crippen LogP contribution in [0.3, 0.4) is 0 Å². The van der Waals surface area contributed by atoms with Crippen LogP contribution in [0.15, 0.2) is 48.5 Å². The SMILES string of the molecule is CCCCCCC[CH2][Sn]([CH2]CCCCCCC)([O]c1ccccc1CCCCC)[O][Sn]([CH2]CCCCCCC)([CH2]CCCCCCC)[O]c1ccccc1CCCCC. The van der Waals surface area contributed by atoms with E-state index in [0.29, 0.717) is 0 Å². The number of hydrogen-bond acceptors (Lipinski definition) is 3. The molecule has 0 saturated carbocycles. The summed E-state index contributed by atoms with van der Waals surface area (Å²) < 4.78 is 29.0. The predicted octanol–water partition coefficient (Wildman–Crippen LogP) is 19.0. The second-order valence-corrected chi connectivity index (χ2v) is 40.1. The first-order valence-corrected chi connectivity index (χ1v) is 39.0. The molecular formula is C54H98O3Sn2. The van der Waals surface area contributed by atoms with Gasteiger partial charge in [0.05, 0.1) is 0 Å². The Morgan fingerprint density at radius 1 is 0.305 bits per heavy atom. The number of rotatable bonds is 42. The molecule has 0 aliphatic heterocycles. The Hall–Kier alpha value is -0.403. The van der Waals surface area contributed by atoms with Crippen LogP contribution in [0, 0.1) is 0 Å². The van der Waals surface area contributed by atoms with Crippen molar-refractivity contribution >= 4 is 38.4 Å². The van der Waals surface area contributed by atoms with E-state index >= 15 is 0 Å². The molecule has 0 radical (unpaired) electrons. The van der Waals surface area contributed by atoms with Crippen LogP contribution < -0.4 is 6.15 Å². The standard InChI is InChI=1S/2C11H16O.4C8H17.O.2Sn/c2*1-2-3-4-7-10-8-5-6-9-11(10)12;4*1-3-5-7-8-6-4-2;;;/h2*5-6,8-9,12H,2-4,7H2,1H3;4*1,3-8H2,2H3;;;/q;;;;;;;2*+1/p-2. The van der Waals surface area contributed by atoms with E-state index in [9.17, 15) is 0 Å². The van der Waals surface area contributed by atoms with Crippen LogP contribution in [-0.2, 0) is 14.3 Å². The molecule has 2 rings (SSSR count). The molecule has 0 saturated heterocycles. The Bertz CT molecular complexity index is 1110. The van der Waals surface area contributed by atoms with E-state index in [-0.39, 0.29) is 0 Å². The monoisotopic (exact) mass is 1030 g/mol. The molecule has 0 N–H and O–H groups in total. The van der Waals surface area contributed by atoms with Gasteiger partial charge >= 0.3 is 382 Å². The summed E-state index contributed by atoms with van der Waals surface area (Å²) in [6, 6.07) is 18.3. The van der Waals surface area contributed by atoms with Gasteiger partial charge in [-0.2, -0.15) is 0 Å². The van der Waals surface area contributed by atoms with Crippen molar-refractivity contribution in [3.05, 3.63) is 59.7 Å². The fourth-order valence-electron chi connectivity index (χ4n) is 8.89. The first-order valence-electron chi connectivity index (χ1n) is 26.2. The van der Waals surface area contributed by atoms with E-state index in [1.54, 1.807) is 0 Å². The molecule has 0 spiro atoms. The van der Waals surface area contributed by atoms with Crippen LogP contribution >= 0.6 is 0 Å². The van der Waals surface area contributed by atoms with E-state index in [1.165, 1.54) is 221 Å². The Morgan fingerprint density at radius 3 is 0.864 bits per heavy atom. The van der Waals surface area contributed by atoms with E-state index in [4.69, 9.17) is 7.56 Å². The normalized spacial score (nSPS) is 12.0. The summed E-state index contributed by atoms with van der Waals surface area (Å²) in [6.07, 6.45) is 41.3. The van der Waals surface area contributed by atoms with E-state index in [2.05, 4.69) is 90.1 Å². The zero-order valence-electron chi connectivity index (χ0n) is 40.3. The maximum absolute atomic E-state index is 8.48. The Balaban J connectivity index is 2.73. The average molecular weight is 1030 g/mol. The molecule has 0 fully saturated rings. The molecule has 0 unspecified atom stereocenters. The number of unbranched alkanes of at least 4 members (excludes halogenated alkanes) is 24. The van der Waals surface area contributed by atoms with Gasteiger partial charge in [-0.1, -0.05) is 0 Å². The minimum absolute atomic E-state index is 1.10. The molecule has 0 amide bonds. The van der Waals surface area contributed by atoms with Gasteiger partial charge in [0.25, 0.3) is 0 Å². The summed E-state index contributed by atoms with van der Waals surface area (Å²) in [5, 5.41) is 0. The molecule has 0 aliphatic rings. The van der Waals surface area contributed by atoms with Gasteiger partial charge < -0.3 is 0 Å². The number of benzene rings is 2. The number of hydrogen-bond donors (Lipinski definition) is 0. The van der Waals surface area contributed by atoms with Gasteiger partial charge in [0.2, 0.25) is 0 Å². The van der Waals surface area contributed by atoms with E-state index in [0.717, 1.165) is 24.3 Å². The fourth-order valence-corrected chi connectivity index (χ4v) is 49.6. The molecular weight excluding hydrogens is 934 g/mol. The van der Waals surface area contributed by atoms with Crippen molar-refractivity contribution in [3.8, 4) is 11.5 Å². The molecule has 0 aliphatic carbocycles. The Labute approximate surface area is 379 Å². The van der Waals surface area contributed by atoms with Gasteiger partial charge in [0.1, 0.15) is 0 Å². The molecule has 3 nitrogen and oxygen atoms in total. The first-order chi connectivity index (χ1) is 29.0. The van der Waals surface area contributed by atoms with Crippen molar-refractivity contribution in [3.63, 3.8) is 0 Å². The third kappa shape index (κ3) is 25.5. The van der Waals surface area contributed by atoms with Gasteiger partial charge in [-0.3, -0.25) is 0 Å². The summed E-state index contributed by atoms with van der Waals surface area (Å²) in [7, 11) is 0. The third-order valence-electron chi connectivity index (χ3n) is 12.7. The van der Waals surface area contributed by atoms with E-state index in [1.807, 2.05) is 0 Å². The fraction of sp³-hybridized carbons (Fsp3) is 0.778. The molecule has 340 valence electrons. The van der Waals surface area contributed by atoms with Crippen LogP contribution in [0.25, 0.3) is 0 Å². The van der Waals surface area contributed by atoms with Crippen molar-refractivity contribution in [1.29, 1.82) is 0 Å². The van der Waals surface area contributed by atoms with Crippen LogP contribution in [-0.4, -0.2) is 38.4 Å². The van der Waals surface area contributed by atoms with Crippen LogP contribution in [0.4, 0.5) is 0 Å². The second-order valence-electron chi connectivity index (χ2n) is 18.3. The first kappa shape index (κ1) is 54.7. The summed E-state index contributed by atoms with van der Waals surface area (Å²) in [4.78, 5) is 0. The van der Waals surface area contributed by atoms with Crippen molar-refractivity contribution in [2.45, 2.75) is 265 Å². The zero-order chi connectivity index (χ0) is 42.5. The molecule has 0 heterocycles. The number of aryl methyl sites for hydroxylation is 2. The van der Waals surface area contributed by atoms with Gasteiger partial charge in [0, 0.05) is 0 Å². The molecule has 0 atom stereocenters. The van der Waals surface area contributed by atoms with Gasteiger partial charge in [0.15, 0.2) is 0 Å². The van der Waals surface area contributed by atoms with Crippen molar-refractivity contribution in [2.75, 3.05) is 0 Å². The van der Waals surface area contributed by atoms with Crippen molar-refractivity contribution in [1.82, 2.24) is 0 Å². The Kier molecular flexibility index (Phi) is 34.3. The van der Waals surface area contributed by atoms with E-state index < -0.39 is 38.4 Å². The summed E-state index contributed by atoms with van der Waals surface area (Å²) in [5.74, 6) is 2.33. The van der Waals surface area contributed by atoms with Crippen LogP contribution in [0.1, 0.15) is 245 Å². The average Bonchev–Trinajstić information content (AvgIpc) is 3.24. The molecule has 5 heteroatoms. The van der Waals surface area contributed by atoms with Crippen LogP contribution in [0.2, 0.25) is 17.7 Å². The quantitative estimate of drug-likeness (QED) is 0.0490.